The molecule has 0 spiro atoms. The zero-order chi connectivity index (χ0) is 37.0. The van der Waals surface area contributed by atoms with Gasteiger partial charge in [0.05, 0.1) is 0 Å². The molecule has 0 aliphatic rings. The van der Waals surface area contributed by atoms with Crippen LogP contribution in [0.5, 0.6) is 0 Å². The molecule has 0 fully saturated rings. The first kappa shape index (κ1) is 32.2. The second-order valence-corrected chi connectivity index (χ2v) is 14.9. The van der Waals surface area contributed by atoms with Crippen molar-refractivity contribution in [2.24, 2.45) is 0 Å². The van der Waals surface area contributed by atoms with Crippen molar-refractivity contribution in [1.82, 2.24) is 19.9 Å². The molecular formula is C50H30N4OS. The van der Waals surface area contributed by atoms with Crippen LogP contribution in [0.15, 0.2) is 186 Å². The molecule has 0 aliphatic carbocycles. The third-order valence-electron chi connectivity index (χ3n) is 10.4. The first-order chi connectivity index (χ1) is 27.7. The zero-order valence-corrected chi connectivity index (χ0v) is 30.7. The van der Waals surface area contributed by atoms with E-state index in [1.54, 1.807) is 11.3 Å². The van der Waals surface area contributed by atoms with Gasteiger partial charge in [0.25, 0.3) is 0 Å². The van der Waals surface area contributed by atoms with Gasteiger partial charge in [-0.2, -0.15) is 0 Å². The highest BCUT2D eigenvalue weighted by Gasteiger charge is 2.19. The number of hydrogen-bond donors (Lipinski definition) is 0. The summed E-state index contributed by atoms with van der Waals surface area (Å²) in [5, 5.41) is 4.45. The molecule has 0 bridgehead atoms. The highest BCUT2D eigenvalue weighted by molar-refractivity contribution is 7.25. The number of rotatable bonds is 6. The summed E-state index contributed by atoms with van der Waals surface area (Å²) in [7, 11) is 0. The molecule has 0 saturated carbocycles. The number of benzene rings is 8. The van der Waals surface area contributed by atoms with E-state index in [1.807, 2.05) is 42.5 Å². The van der Waals surface area contributed by atoms with E-state index in [-0.39, 0.29) is 0 Å². The second kappa shape index (κ2) is 13.2. The Kier molecular flexibility index (Phi) is 7.60. The molecule has 262 valence electrons. The van der Waals surface area contributed by atoms with Crippen LogP contribution in [0.2, 0.25) is 0 Å². The predicted octanol–water partition coefficient (Wildman–Crippen LogP) is 13.5. The molecule has 11 aromatic rings. The lowest BCUT2D eigenvalue weighted by atomic mass is 9.96. The molecule has 11 rings (SSSR count). The molecule has 0 atom stereocenters. The Morgan fingerprint density at radius 1 is 0.375 bits per heavy atom. The molecule has 0 saturated heterocycles. The van der Waals surface area contributed by atoms with Crippen molar-refractivity contribution in [2.45, 2.75) is 0 Å². The first-order valence-electron chi connectivity index (χ1n) is 18.5. The Bertz CT molecular complexity index is 3260. The predicted molar refractivity (Wildman–Crippen MR) is 230 cm³/mol. The minimum Gasteiger partial charge on any atom is -0.435 e. The minimum absolute atomic E-state index is 0.602. The molecule has 0 amide bonds. The molecule has 6 heteroatoms. The maximum absolute atomic E-state index is 6.53. The van der Waals surface area contributed by atoms with Crippen molar-refractivity contribution >= 4 is 53.4 Å². The molecule has 0 unspecified atom stereocenters. The molecule has 5 nitrogen and oxygen atoms in total. The van der Waals surface area contributed by atoms with E-state index in [2.05, 4.69) is 140 Å². The molecule has 8 aromatic carbocycles. The number of nitrogens with zero attached hydrogens (tertiary/aromatic N) is 4. The van der Waals surface area contributed by atoms with E-state index in [1.165, 1.54) is 14.8 Å². The molecule has 0 radical (unpaired) electrons. The van der Waals surface area contributed by atoms with Crippen LogP contribution < -0.4 is 0 Å². The lowest BCUT2D eigenvalue weighted by molar-refractivity contribution is 0.623. The number of hydrogen-bond acceptors (Lipinski definition) is 6. The lowest BCUT2D eigenvalue weighted by Crippen LogP contribution is -2.00. The Morgan fingerprint density at radius 3 is 1.77 bits per heavy atom. The topological polar surface area (TPSA) is 64.7 Å². The van der Waals surface area contributed by atoms with Gasteiger partial charge in [-0.15, -0.1) is 11.3 Å². The quantitative estimate of drug-likeness (QED) is 0.170. The Labute approximate surface area is 326 Å². The van der Waals surface area contributed by atoms with Crippen LogP contribution in [0.3, 0.4) is 0 Å². The fourth-order valence-corrected chi connectivity index (χ4v) is 8.84. The normalized spacial score (nSPS) is 11.6. The number of fused-ring (bicyclic) bond motifs is 6. The second-order valence-electron chi connectivity index (χ2n) is 13.8. The summed E-state index contributed by atoms with van der Waals surface area (Å²) in [6, 6.07) is 62.8. The monoisotopic (exact) mass is 734 g/mol. The fraction of sp³-hybridized carbons (Fsp3) is 0. The van der Waals surface area contributed by atoms with Gasteiger partial charge in [0.15, 0.2) is 23.1 Å². The van der Waals surface area contributed by atoms with Crippen molar-refractivity contribution in [2.75, 3.05) is 0 Å². The van der Waals surface area contributed by atoms with Crippen molar-refractivity contribution in [3.8, 4) is 67.9 Å². The van der Waals surface area contributed by atoms with E-state index < -0.39 is 0 Å². The van der Waals surface area contributed by atoms with E-state index in [4.69, 9.17) is 24.4 Å². The van der Waals surface area contributed by atoms with Crippen LogP contribution in [0.4, 0.5) is 0 Å². The van der Waals surface area contributed by atoms with Gasteiger partial charge in [-0.25, -0.2) is 19.9 Å². The van der Waals surface area contributed by atoms with Crippen LogP contribution in [0.1, 0.15) is 0 Å². The SMILES string of the molecule is c1ccc(-c2cccc(-c3nc(-c4cccc(-c5cccc6ccc7nc(-c8ccccc8)oc7c56)c4)nc(-c4cccc5sc6ccccc6c45)n3)c2)cc1. The van der Waals surface area contributed by atoms with E-state index in [9.17, 15) is 0 Å². The van der Waals surface area contributed by atoms with E-state index in [0.717, 1.165) is 71.8 Å². The van der Waals surface area contributed by atoms with Crippen LogP contribution >= 0.6 is 11.3 Å². The van der Waals surface area contributed by atoms with Crippen molar-refractivity contribution in [3.63, 3.8) is 0 Å². The van der Waals surface area contributed by atoms with Crippen molar-refractivity contribution in [1.29, 1.82) is 0 Å². The summed E-state index contributed by atoms with van der Waals surface area (Å²) in [6.07, 6.45) is 0. The van der Waals surface area contributed by atoms with Gasteiger partial charge in [-0.1, -0.05) is 140 Å². The van der Waals surface area contributed by atoms with Crippen molar-refractivity contribution in [3.05, 3.63) is 182 Å². The smallest absolute Gasteiger partial charge is 0.227 e. The Morgan fingerprint density at radius 2 is 0.964 bits per heavy atom. The van der Waals surface area contributed by atoms with Crippen LogP contribution in [-0.4, -0.2) is 19.9 Å². The summed E-state index contributed by atoms with van der Waals surface area (Å²) in [5.74, 6) is 2.46. The summed E-state index contributed by atoms with van der Waals surface area (Å²) in [6.45, 7) is 0. The first-order valence-corrected chi connectivity index (χ1v) is 19.4. The van der Waals surface area contributed by atoms with Gasteiger partial charge < -0.3 is 4.42 Å². The third kappa shape index (κ3) is 5.54. The number of thiophene rings is 1. The average molecular weight is 735 g/mol. The summed E-state index contributed by atoms with van der Waals surface area (Å²) in [5.41, 5.74) is 9.63. The maximum Gasteiger partial charge on any atom is 0.227 e. The van der Waals surface area contributed by atoms with Crippen molar-refractivity contribution < 1.29 is 4.42 Å². The molecule has 56 heavy (non-hydrogen) atoms. The lowest BCUT2D eigenvalue weighted by Gasteiger charge is -2.12. The minimum atomic E-state index is 0.602. The maximum atomic E-state index is 6.53. The average Bonchev–Trinajstić information content (AvgIpc) is 3.89. The molecular weight excluding hydrogens is 705 g/mol. The van der Waals surface area contributed by atoms with Crippen LogP contribution in [-0.2, 0) is 0 Å². The van der Waals surface area contributed by atoms with Gasteiger partial charge in [-0.05, 0) is 70.1 Å². The van der Waals surface area contributed by atoms with Gasteiger partial charge in [0.1, 0.15) is 5.52 Å². The van der Waals surface area contributed by atoms with E-state index in [0.29, 0.717) is 23.4 Å². The fourth-order valence-electron chi connectivity index (χ4n) is 7.71. The van der Waals surface area contributed by atoms with Gasteiger partial charge in [0, 0.05) is 47.8 Å². The largest absolute Gasteiger partial charge is 0.435 e. The summed E-state index contributed by atoms with van der Waals surface area (Å²) >= 11 is 1.79. The van der Waals surface area contributed by atoms with Crippen LogP contribution in [0, 0.1) is 0 Å². The standard InChI is InChI=1S/C50H30N4OS/c1-3-13-31(14-4-1)34-18-9-20-36(29-34)47-52-48(54-49(53-47)40-24-12-26-43-45(40)39-22-7-8-25-42(39)56-43)37-21-10-19-35(30-37)38-23-11-17-32-27-28-41-46(44(32)38)55-50(51-41)33-15-5-2-6-16-33/h1-30H. The van der Waals surface area contributed by atoms with Gasteiger partial charge in [-0.3, -0.25) is 0 Å². The Hall–Kier alpha value is -7.28. The summed E-state index contributed by atoms with van der Waals surface area (Å²) in [4.78, 5) is 20.6. The number of aromatic nitrogens is 4. The molecule has 3 aromatic heterocycles. The van der Waals surface area contributed by atoms with E-state index >= 15 is 0 Å². The highest BCUT2D eigenvalue weighted by atomic mass is 32.1. The van der Waals surface area contributed by atoms with Gasteiger partial charge >= 0.3 is 0 Å². The molecule has 0 N–H and O–H groups in total. The molecule has 0 aliphatic heterocycles. The Balaban J connectivity index is 1.10. The number of oxazole rings is 1. The van der Waals surface area contributed by atoms with Crippen LogP contribution in [0.25, 0.3) is 110 Å². The third-order valence-corrected chi connectivity index (χ3v) is 11.5. The van der Waals surface area contributed by atoms with Gasteiger partial charge in [0.2, 0.25) is 5.89 Å². The molecule has 3 heterocycles. The summed E-state index contributed by atoms with van der Waals surface area (Å²) < 4.78 is 8.97. The zero-order valence-electron chi connectivity index (χ0n) is 29.9. The highest BCUT2D eigenvalue weighted by Crippen LogP contribution is 2.41.